The van der Waals surface area contributed by atoms with E-state index in [1.807, 2.05) is 24.3 Å². The molecule has 2 N–H and O–H groups in total. The van der Waals surface area contributed by atoms with Crippen LogP contribution in [0.25, 0.3) is 17.0 Å². The molecule has 1 atom stereocenters. The maximum absolute atomic E-state index is 14.4. The number of carbonyl (C=O) groups is 1. The van der Waals surface area contributed by atoms with Crippen LogP contribution in [0.5, 0.6) is 0 Å². The Bertz CT molecular complexity index is 1210. The third-order valence-electron chi connectivity index (χ3n) is 5.02. The molecule has 0 fully saturated rings. The summed E-state index contributed by atoms with van der Waals surface area (Å²) in [4.78, 5) is 20.1. The van der Waals surface area contributed by atoms with Crippen LogP contribution in [0.2, 0.25) is 0 Å². The number of imidazole rings is 1. The van der Waals surface area contributed by atoms with Crippen molar-refractivity contribution in [1.82, 2.24) is 19.7 Å². The van der Waals surface area contributed by atoms with Crippen molar-refractivity contribution in [3.05, 3.63) is 70.9 Å². The standard InChI is InChI=1S/C20H15F2N5O/c1-10-18-13(12-7-6-11(21)8-14(12)22)9-17(28)25-19(18)27(26-10)20-23-15-4-2-3-5-16(15)24-20/h2-8,13H,9H2,1H3,(H,23,24)(H,25,28)/t13-/m1/s1. The lowest BCUT2D eigenvalue weighted by Gasteiger charge is -2.24. The topological polar surface area (TPSA) is 75.6 Å². The number of anilines is 1. The first-order valence-electron chi connectivity index (χ1n) is 8.80. The molecule has 140 valence electrons. The Morgan fingerprint density at radius 2 is 2.00 bits per heavy atom. The molecule has 0 spiro atoms. The van der Waals surface area contributed by atoms with Crippen molar-refractivity contribution in [2.75, 3.05) is 5.32 Å². The smallest absolute Gasteiger partial charge is 0.231 e. The van der Waals surface area contributed by atoms with Crippen molar-refractivity contribution < 1.29 is 13.6 Å². The summed E-state index contributed by atoms with van der Waals surface area (Å²) in [6.07, 6.45) is 0.0578. The van der Waals surface area contributed by atoms with Gasteiger partial charge in [-0.25, -0.2) is 13.8 Å². The predicted molar refractivity (Wildman–Crippen MR) is 99.4 cm³/mol. The van der Waals surface area contributed by atoms with Gasteiger partial charge >= 0.3 is 0 Å². The minimum absolute atomic E-state index is 0.0578. The van der Waals surface area contributed by atoms with Crippen LogP contribution in [0.1, 0.15) is 29.2 Å². The maximum atomic E-state index is 14.4. The zero-order valence-electron chi connectivity index (χ0n) is 14.8. The average molecular weight is 379 g/mol. The lowest BCUT2D eigenvalue weighted by Crippen LogP contribution is -2.25. The molecule has 1 aliphatic rings. The molecule has 1 aliphatic heterocycles. The summed E-state index contributed by atoms with van der Waals surface area (Å²) in [7, 11) is 0. The third-order valence-corrected chi connectivity index (χ3v) is 5.02. The number of aromatic amines is 1. The van der Waals surface area contributed by atoms with E-state index in [2.05, 4.69) is 20.4 Å². The van der Waals surface area contributed by atoms with Crippen LogP contribution in [0.15, 0.2) is 42.5 Å². The molecule has 4 aromatic rings. The molecule has 5 rings (SSSR count). The molecule has 0 unspecified atom stereocenters. The van der Waals surface area contributed by atoms with Gasteiger partial charge < -0.3 is 10.3 Å². The largest absolute Gasteiger partial charge is 0.322 e. The Morgan fingerprint density at radius 1 is 1.18 bits per heavy atom. The number of H-pyrrole nitrogens is 1. The van der Waals surface area contributed by atoms with Gasteiger partial charge in [0.1, 0.15) is 17.5 Å². The molecular weight excluding hydrogens is 364 g/mol. The van der Waals surface area contributed by atoms with Gasteiger partial charge in [-0.15, -0.1) is 0 Å². The summed E-state index contributed by atoms with van der Waals surface area (Å²) in [5, 5.41) is 7.35. The molecule has 0 saturated carbocycles. The molecule has 0 radical (unpaired) electrons. The maximum Gasteiger partial charge on any atom is 0.231 e. The van der Waals surface area contributed by atoms with Crippen LogP contribution < -0.4 is 5.32 Å². The molecule has 0 bridgehead atoms. The Balaban J connectivity index is 1.69. The van der Waals surface area contributed by atoms with Gasteiger partial charge in [0, 0.05) is 24.0 Å². The summed E-state index contributed by atoms with van der Waals surface area (Å²) >= 11 is 0. The predicted octanol–water partition coefficient (Wildman–Crippen LogP) is 3.81. The van der Waals surface area contributed by atoms with E-state index in [9.17, 15) is 13.6 Å². The summed E-state index contributed by atoms with van der Waals surface area (Å²) in [6.45, 7) is 1.80. The van der Waals surface area contributed by atoms with Gasteiger partial charge in [-0.3, -0.25) is 4.79 Å². The highest BCUT2D eigenvalue weighted by Crippen LogP contribution is 2.40. The SMILES string of the molecule is Cc1nn(-c2nc3ccccc3[nH]2)c2c1[C@@H](c1ccc(F)cc1F)CC(=O)N2. The van der Waals surface area contributed by atoms with Gasteiger partial charge in [0.05, 0.1) is 16.7 Å². The minimum Gasteiger partial charge on any atom is -0.322 e. The first kappa shape index (κ1) is 16.6. The Morgan fingerprint density at radius 3 is 2.79 bits per heavy atom. The van der Waals surface area contributed by atoms with E-state index in [0.29, 0.717) is 23.0 Å². The molecular formula is C20H15F2N5O. The van der Waals surface area contributed by atoms with Crippen LogP contribution in [0.4, 0.5) is 14.6 Å². The molecule has 0 saturated heterocycles. The van der Waals surface area contributed by atoms with Crippen LogP contribution in [0.3, 0.4) is 0 Å². The van der Waals surface area contributed by atoms with Crippen LogP contribution in [-0.4, -0.2) is 25.7 Å². The normalized spacial score (nSPS) is 16.2. The summed E-state index contributed by atoms with van der Waals surface area (Å²) in [5.41, 5.74) is 3.21. The highest BCUT2D eigenvalue weighted by molar-refractivity contribution is 5.95. The van der Waals surface area contributed by atoms with Crippen LogP contribution in [0, 0.1) is 18.6 Å². The Kier molecular flexibility index (Phi) is 3.55. The fraction of sp³-hybridized carbons (Fsp3) is 0.150. The van der Waals surface area contributed by atoms with Crippen molar-refractivity contribution in [2.45, 2.75) is 19.3 Å². The lowest BCUT2D eigenvalue weighted by atomic mass is 9.85. The van der Waals surface area contributed by atoms with Crippen LogP contribution >= 0.6 is 0 Å². The van der Waals surface area contributed by atoms with Gasteiger partial charge in [-0.1, -0.05) is 18.2 Å². The van der Waals surface area contributed by atoms with E-state index in [1.165, 1.54) is 16.8 Å². The number of benzene rings is 2. The number of fused-ring (bicyclic) bond motifs is 2. The quantitative estimate of drug-likeness (QED) is 0.556. The molecule has 0 aliphatic carbocycles. The van der Waals surface area contributed by atoms with Crippen molar-refractivity contribution in [2.24, 2.45) is 0 Å². The van der Waals surface area contributed by atoms with Gasteiger partial charge in [-0.05, 0) is 30.7 Å². The number of aryl methyl sites for hydroxylation is 1. The molecule has 8 heteroatoms. The van der Waals surface area contributed by atoms with Crippen LogP contribution in [-0.2, 0) is 4.79 Å². The fourth-order valence-electron chi connectivity index (χ4n) is 3.79. The van der Waals surface area contributed by atoms with E-state index < -0.39 is 17.6 Å². The van der Waals surface area contributed by atoms with E-state index in [-0.39, 0.29) is 17.9 Å². The summed E-state index contributed by atoms with van der Waals surface area (Å²) in [5.74, 6) is -1.26. The van der Waals surface area contributed by atoms with Crippen molar-refractivity contribution in [3.8, 4) is 5.95 Å². The number of hydrogen-bond donors (Lipinski definition) is 2. The molecule has 6 nitrogen and oxygen atoms in total. The highest BCUT2D eigenvalue weighted by atomic mass is 19.1. The number of nitrogens with one attached hydrogen (secondary N) is 2. The minimum atomic E-state index is -0.679. The van der Waals surface area contributed by atoms with Crippen molar-refractivity contribution in [3.63, 3.8) is 0 Å². The van der Waals surface area contributed by atoms with Gasteiger partial charge in [0.2, 0.25) is 11.9 Å². The fourth-order valence-corrected chi connectivity index (χ4v) is 3.79. The second-order valence-electron chi connectivity index (χ2n) is 6.81. The monoisotopic (exact) mass is 379 g/mol. The second-order valence-corrected chi connectivity index (χ2v) is 6.81. The third kappa shape index (κ3) is 2.49. The zero-order chi connectivity index (χ0) is 19.4. The average Bonchev–Trinajstić information content (AvgIpc) is 3.22. The van der Waals surface area contributed by atoms with E-state index in [1.54, 1.807) is 6.92 Å². The number of para-hydroxylation sites is 2. The Hall–Kier alpha value is -3.55. The summed E-state index contributed by atoms with van der Waals surface area (Å²) < 4.78 is 29.3. The van der Waals surface area contributed by atoms with Gasteiger partial charge in [0.15, 0.2) is 0 Å². The van der Waals surface area contributed by atoms with Gasteiger partial charge in [0.25, 0.3) is 0 Å². The van der Waals surface area contributed by atoms with Crippen molar-refractivity contribution >= 4 is 22.8 Å². The number of carbonyl (C=O) groups excluding carboxylic acids is 1. The first-order chi connectivity index (χ1) is 13.5. The number of halogens is 2. The zero-order valence-corrected chi connectivity index (χ0v) is 14.8. The van der Waals surface area contributed by atoms with Crippen molar-refractivity contribution in [1.29, 1.82) is 0 Å². The Labute approximate surface area is 158 Å². The van der Waals surface area contributed by atoms with Gasteiger partial charge in [-0.2, -0.15) is 9.78 Å². The molecule has 2 aromatic carbocycles. The number of rotatable bonds is 2. The van der Waals surface area contributed by atoms with E-state index in [4.69, 9.17) is 0 Å². The first-order valence-corrected chi connectivity index (χ1v) is 8.80. The number of nitrogens with zero attached hydrogens (tertiary/aromatic N) is 3. The number of aromatic nitrogens is 4. The highest BCUT2D eigenvalue weighted by Gasteiger charge is 2.34. The van der Waals surface area contributed by atoms with E-state index >= 15 is 0 Å². The lowest BCUT2D eigenvalue weighted by molar-refractivity contribution is -0.116. The number of amides is 1. The molecule has 2 aromatic heterocycles. The number of hydrogen-bond acceptors (Lipinski definition) is 3. The summed E-state index contributed by atoms with van der Waals surface area (Å²) in [6, 6.07) is 11.0. The van der Waals surface area contributed by atoms with E-state index in [0.717, 1.165) is 17.1 Å². The molecule has 3 heterocycles. The molecule has 28 heavy (non-hydrogen) atoms. The molecule has 1 amide bonds. The second kappa shape index (κ2) is 5.98.